The van der Waals surface area contributed by atoms with Gasteiger partial charge in [0.2, 0.25) is 5.91 Å². The minimum absolute atomic E-state index is 0.190. The van der Waals surface area contributed by atoms with E-state index in [1.165, 1.54) is 31.2 Å². The molecule has 1 saturated heterocycles. The molecule has 1 amide bonds. The molecule has 1 aliphatic rings. The van der Waals surface area contributed by atoms with Crippen LogP contribution in [0.3, 0.4) is 0 Å². The van der Waals surface area contributed by atoms with Crippen molar-refractivity contribution in [1.29, 1.82) is 0 Å². The Kier molecular flexibility index (Phi) is 7.32. The first-order chi connectivity index (χ1) is 14.9. The van der Waals surface area contributed by atoms with Gasteiger partial charge in [-0.1, -0.05) is 36.4 Å². The van der Waals surface area contributed by atoms with Crippen molar-refractivity contribution in [3.63, 3.8) is 0 Å². The number of ether oxygens (including phenoxy) is 3. The lowest BCUT2D eigenvalue weighted by Crippen LogP contribution is -2.65. The Bertz CT molecular complexity index is 909. The number of esters is 2. The van der Waals surface area contributed by atoms with E-state index >= 15 is 0 Å². The highest BCUT2D eigenvalue weighted by molar-refractivity contribution is 5.90. The molecule has 3 rings (SSSR count). The summed E-state index contributed by atoms with van der Waals surface area (Å²) in [6.45, 7) is 0.0605. The molecule has 31 heavy (non-hydrogen) atoms. The van der Waals surface area contributed by atoms with Crippen LogP contribution < -0.4 is 5.32 Å². The van der Waals surface area contributed by atoms with Crippen molar-refractivity contribution < 1.29 is 38.1 Å². The van der Waals surface area contributed by atoms with Gasteiger partial charge < -0.3 is 24.6 Å². The lowest BCUT2D eigenvalue weighted by molar-refractivity contribution is -0.249. The van der Waals surface area contributed by atoms with Gasteiger partial charge in [-0.3, -0.25) is 4.79 Å². The van der Waals surface area contributed by atoms with Gasteiger partial charge in [0.15, 0.2) is 18.5 Å². The van der Waals surface area contributed by atoms with Crippen molar-refractivity contribution in [2.45, 2.75) is 37.6 Å². The largest absolute Gasteiger partial charge is 0.452 e. The van der Waals surface area contributed by atoms with Gasteiger partial charge in [0.25, 0.3) is 0 Å². The van der Waals surface area contributed by atoms with E-state index in [0.29, 0.717) is 0 Å². The third kappa shape index (κ3) is 5.44. The Labute approximate surface area is 177 Å². The summed E-state index contributed by atoms with van der Waals surface area (Å²) in [7, 11) is 0. The van der Waals surface area contributed by atoms with Gasteiger partial charge in [-0.2, -0.15) is 0 Å². The summed E-state index contributed by atoms with van der Waals surface area (Å²) in [5.74, 6) is -2.15. The predicted molar refractivity (Wildman–Crippen MR) is 106 cm³/mol. The van der Waals surface area contributed by atoms with Crippen molar-refractivity contribution in [3.8, 4) is 0 Å². The molecule has 164 valence electrons. The molecular weight excluding hydrogens is 409 g/mol. The number of benzene rings is 2. The lowest BCUT2D eigenvalue weighted by Gasteiger charge is -2.43. The minimum Gasteiger partial charge on any atom is -0.452 e. The standard InChI is InChI=1S/C22H22FNO7/c1-13(25)24-17-19(31-21(27)15-10-6-3-7-11-15)18(16(12-23)29-22(17)28)30-20(26)14-8-4-2-5-9-14/h2-11,16-19,22,28H,12H2,1H3,(H,24,25)/t16-,17-,18-,19-,22+/m1/s1. The highest BCUT2D eigenvalue weighted by atomic mass is 19.1. The fourth-order valence-corrected chi connectivity index (χ4v) is 3.25. The van der Waals surface area contributed by atoms with Crippen LogP contribution in [0.15, 0.2) is 60.7 Å². The molecule has 1 fully saturated rings. The second kappa shape index (κ2) is 10.1. The number of rotatable bonds is 6. The quantitative estimate of drug-likeness (QED) is 0.669. The smallest absolute Gasteiger partial charge is 0.338 e. The number of amides is 1. The number of carbonyl (C=O) groups is 3. The predicted octanol–water partition coefficient (Wildman–Crippen LogP) is 1.63. The van der Waals surface area contributed by atoms with E-state index < -0.39 is 55.2 Å². The van der Waals surface area contributed by atoms with Crippen LogP contribution in [-0.4, -0.2) is 60.3 Å². The van der Waals surface area contributed by atoms with Gasteiger partial charge in [-0.05, 0) is 24.3 Å². The van der Waals surface area contributed by atoms with Crippen LogP contribution in [0.2, 0.25) is 0 Å². The highest BCUT2D eigenvalue weighted by Gasteiger charge is 2.50. The third-order valence-corrected chi connectivity index (χ3v) is 4.69. The number of halogens is 1. The molecule has 8 nitrogen and oxygen atoms in total. The number of hydrogen-bond acceptors (Lipinski definition) is 7. The molecule has 2 aromatic carbocycles. The summed E-state index contributed by atoms with van der Waals surface area (Å²) in [4.78, 5) is 36.9. The average Bonchev–Trinajstić information content (AvgIpc) is 2.78. The molecule has 0 aromatic heterocycles. The van der Waals surface area contributed by atoms with E-state index in [-0.39, 0.29) is 11.1 Å². The number of alkyl halides is 1. The van der Waals surface area contributed by atoms with Gasteiger partial charge in [-0.25, -0.2) is 14.0 Å². The van der Waals surface area contributed by atoms with E-state index in [9.17, 15) is 23.9 Å². The van der Waals surface area contributed by atoms with Crippen LogP contribution in [0.25, 0.3) is 0 Å². The molecule has 0 radical (unpaired) electrons. The van der Waals surface area contributed by atoms with E-state index in [1.54, 1.807) is 36.4 Å². The van der Waals surface area contributed by atoms with Crippen LogP contribution in [0.5, 0.6) is 0 Å². The number of hydrogen-bond donors (Lipinski definition) is 2. The molecule has 1 heterocycles. The lowest BCUT2D eigenvalue weighted by atomic mass is 9.96. The van der Waals surface area contributed by atoms with Crippen molar-refractivity contribution in [1.82, 2.24) is 5.32 Å². The molecular formula is C22H22FNO7. The van der Waals surface area contributed by atoms with E-state index in [0.717, 1.165) is 0 Å². The first-order valence-corrected chi connectivity index (χ1v) is 9.59. The van der Waals surface area contributed by atoms with Crippen molar-refractivity contribution in [2.75, 3.05) is 6.67 Å². The molecule has 5 atom stereocenters. The Hall–Kier alpha value is -3.30. The molecule has 1 aliphatic heterocycles. The fraction of sp³-hybridized carbons (Fsp3) is 0.318. The maximum atomic E-state index is 13.7. The van der Waals surface area contributed by atoms with Gasteiger partial charge in [-0.15, -0.1) is 0 Å². The summed E-state index contributed by atoms with van der Waals surface area (Å²) in [6.07, 6.45) is -5.94. The van der Waals surface area contributed by atoms with Crippen LogP contribution in [0.1, 0.15) is 27.6 Å². The van der Waals surface area contributed by atoms with E-state index in [2.05, 4.69) is 5.32 Å². The molecule has 0 spiro atoms. The topological polar surface area (TPSA) is 111 Å². The summed E-state index contributed by atoms with van der Waals surface area (Å²) in [5, 5.41) is 12.7. The zero-order chi connectivity index (χ0) is 22.4. The van der Waals surface area contributed by atoms with Crippen LogP contribution >= 0.6 is 0 Å². The summed E-state index contributed by atoms with van der Waals surface area (Å²) in [6, 6.07) is 14.6. The molecule has 0 unspecified atom stereocenters. The number of carbonyl (C=O) groups excluding carboxylic acids is 3. The van der Waals surface area contributed by atoms with E-state index in [4.69, 9.17) is 14.2 Å². The average molecular weight is 431 g/mol. The zero-order valence-corrected chi connectivity index (χ0v) is 16.6. The van der Waals surface area contributed by atoms with Crippen LogP contribution in [0, 0.1) is 0 Å². The van der Waals surface area contributed by atoms with Crippen LogP contribution in [-0.2, 0) is 19.0 Å². The normalized spacial score (nSPS) is 25.3. The molecule has 0 bridgehead atoms. The Balaban J connectivity index is 1.92. The van der Waals surface area contributed by atoms with Gasteiger partial charge in [0.1, 0.15) is 18.8 Å². The van der Waals surface area contributed by atoms with Crippen LogP contribution in [0.4, 0.5) is 4.39 Å². The number of aliphatic hydroxyl groups is 1. The van der Waals surface area contributed by atoms with Gasteiger partial charge >= 0.3 is 11.9 Å². The highest BCUT2D eigenvalue weighted by Crippen LogP contribution is 2.27. The van der Waals surface area contributed by atoms with Crippen molar-refractivity contribution in [3.05, 3.63) is 71.8 Å². The van der Waals surface area contributed by atoms with Crippen molar-refractivity contribution >= 4 is 17.8 Å². The maximum Gasteiger partial charge on any atom is 0.338 e. The summed E-state index contributed by atoms with van der Waals surface area (Å²) >= 11 is 0. The van der Waals surface area contributed by atoms with E-state index in [1.807, 2.05) is 0 Å². The molecule has 2 N–H and O–H groups in total. The number of aliphatic hydroxyl groups excluding tert-OH is 1. The third-order valence-electron chi connectivity index (χ3n) is 4.69. The Morgan fingerprint density at radius 3 is 1.87 bits per heavy atom. The first kappa shape index (κ1) is 22.4. The fourth-order valence-electron chi connectivity index (χ4n) is 3.25. The Morgan fingerprint density at radius 1 is 0.935 bits per heavy atom. The Morgan fingerprint density at radius 2 is 1.42 bits per heavy atom. The van der Waals surface area contributed by atoms with Gasteiger partial charge in [0, 0.05) is 6.92 Å². The zero-order valence-electron chi connectivity index (χ0n) is 16.6. The maximum absolute atomic E-state index is 13.7. The molecule has 9 heteroatoms. The second-order valence-electron chi connectivity index (χ2n) is 6.92. The minimum atomic E-state index is -1.69. The van der Waals surface area contributed by atoms with Crippen molar-refractivity contribution in [2.24, 2.45) is 0 Å². The SMILES string of the molecule is CC(=O)N[C@@H]1[C@@H](OC(=O)c2ccccc2)[C@H](OC(=O)c2ccccc2)[C@@H](CF)O[C@@H]1O. The molecule has 0 aliphatic carbocycles. The first-order valence-electron chi connectivity index (χ1n) is 9.59. The number of nitrogens with one attached hydrogen (secondary N) is 1. The second-order valence-corrected chi connectivity index (χ2v) is 6.92. The monoisotopic (exact) mass is 431 g/mol. The summed E-state index contributed by atoms with van der Waals surface area (Å²) in [5.41, 5.74) is 0.380. The summed E-state index contributed by atoms with van der Waals surface area (Å²) < 4.78 is 29.9. The molecule has 0 saturated carbocycles. The van der Waals surface area contributed by atoms with Gasteiger partial charge in [0.05, 0.1) is 11.1 Å². The molecule has 2 aromatic rings.